The predicted octanol–water partition coefficient (Wildman–Crippen LogP) is 3.84. The van der Waals surface area contributed by atoms with Crippen LogP contribution in [0.3, 0.4) is 0 Å². The molecule has 2 atom stereocenters. The summed E-state index contributed by atoms with van der Waals surface area (Å²) in [6, 6.07) is 18.7. The third-order valence-corrected chi connectivity index (χ3v) is 4.92. The van der Waals surface area contributed by atoms with E-state index in [9.17, 15) is 9.59 Å². The van der Waals surface area contributed by atoms with Crippen LogP contribution in [0.4, 0.5) is 5.82 Å². The van der Waals surface area contributed by atoms with Crippen LogP contribution in [-0.2, 0) is 9.53 Å². The van der Waals surface area contributed by atoms with Crippen LogP contribution in [0, 0.1) is 12.8 Å². The Bertz CT molecular complexity index is 1010. The third kappa shape index (κ3) is 2.97. The maximum absolute atomic E-state index is 13.3. The molecule has 0 radical (unpaired) electrons. The maximum Gasteiger partial charge on any atom is 0.321 e. The molecule has 0 unspecified atom stereocenters. The first kappa shape index (κ1) is 18.0. The average molecular weight is 375 g/mol. The molecule has 1 aliphatic heterocycles. The van der Waals surface area contributed by atoms with E-state index in [-0.39, 0.29) is 12.5 Å². The minimum Gasteiger partial charge on any atom is -0.465 e. The van der Waals surface area contributed by atoms with Gasteiger partial charge in [-0.3, -0.25) is 9.59 Å². The maximum atomic E-state index is 13.3. The molecule has 3 aromatic rings. The highest BCUT2D eigenvalue weighted by atomic mass is 16.5. The van der Waals surface area contributed by atoms with Gasteiger partial charge in [0, 0.05) is 5.56 Å². The molecule has 1 aliphatic rings. The van der Waals surface area contributed by atoms with Crippen LogP contribution in [0.15, 0.2) is 60.7 Å². The second-order valence-electron chi connectivity index (χ2n) is 6.69. The smallest absolute Gasteiger partial charge is 0.321 e. The third-order valence-electron chi connectivity index (χ3n) is 4.92. The molecule has 2 heterocycles. The Morgan fingerprint density at radius 2 is 1.75 bits per heavy atom. The van der Waals surface area contributed by atoms with Crippen molar-refractivity contribution in [1.29, 1.82) is 0 Å². The van der Waals surface area contributed by atoms with E-state index < -0.39 is 17.9 Å². The average Bonchev–Trinajstić information content (AvgIpc) is 3.05. The van der Waals surface area contributed by atoms with Crippen LogP contribution in [0.2, 0.25) is 0 Å². The number of nitrogens with zero attached hydrogens (tertiary/aromatic N) is 2. The lowest BCUT2D eigenvalue weighted by Crippen LogP contribution is -2.43. The van der Waals surface area contributed by atoms with Crippen LogP contribution in [0.1, 0.15) is 29.0 Å². The molecule has 2 aromatic carbocycles. The summed E-state index contributed by atoms with van der Waals surface area (Å²) in [4.78, 5) is 25.9. The van der Waals surface area contributed by atoms with E-state index in [2.05, 4.69) is 10.4 Å². The number of aryl methyl sites for hydroxylation is 1. The SMILES string of the molecule is CCOC(=O)[C@@H]1C(=O)n2nc(C)c(-c3ccccc3)c2N[C@@H]1c1ccccc1. The Balaban J connectivity index is 1.86. The minimum absolute atomic E-state index is 0.213. The lowest BCUT2D eigenvalue weighted by molar-refractivity contribution is -0.147. The molecule has 1 N–H and O–H groups in total. The summed E-state index contributed by atoms with van der Waals surface area (Å²) in [6.45, 7) is 3.80. The Hall–Kier alpha value is -3.41. The fourth-order valence-electron chi connectivity index (χ4n) is 3.68. The van der Waals surface area contributed by atoms with Gasteiger partial charge >= 0.3 is 5.97 Å². The molecule has 28 heavy (non-hydrogen) atoms. The van der Waals surface area contributed by atoms with Crippen molar-refractivity contribution < 1.29 is 14.3 Å². The number of anilines is 1. The molecule has 6 nitrogen and oxygen atoms in total. The lowest BCUT2D eigenvalue weighted by atomic mass is 9.90. The molecule has 0 aliphatic carbocycles. The summed E-state index contributed by atoms with van der Waals surface area (Å²) in [5.74, 6) is -1.33. The summed E-state index contributed by atoms with van der Waals surface area (Å²) >= 11 is 0. The number of benzene rings is 2. The molecular formula is C22H21N3O3. The van der Waals surface area contributed by atoms with Crippen LogP contribution in [0.25, 0.3) is 11.1 Å². The first-order valence-corrected chi connectivity index (χ1v) is 9.29. The van der Waals surface area contributed by atoms with E-state index in [0.29, 0.717) is 5.82 Å². The minimum atomic E-state index is -1.00. The molecule has 1 aromatic heterocycles. The first-order chi connectivity index (χ1) is 13.6. The van der Waals surface area contributed by atoms with Crippen molar-refractivity contribution in [2.24, 2.45) is 5.92 Å². The molecule has 0 amide bonds. The summed E-state index contributed by atoms with van der Waals surface area (Å²) in [5, 5.41) is 7.83. The van der Waals surface area contributed by atoms with E-state index in [4.69, 9.17) is 4.74 Å². The quantitative estimate of drug-likeness (QED) is 0.554. The molecule has 0 fully saturated rings. The molecule has 0 saturated carbocycles. The number of hydrogen-bond acceptors (Lipinski definition) is 5. The number of nitrogens with one attached hydrogen (secondary N) is 1. The van der Waals surface area contributed by atoms with Crippen molar-refractivity contribution in [3.8, 4) is 11.1 Å². The van der Waals surface area contributed by atoms with Crippen LogP contribution in [-0.4, -0.2) is 28.3 Å². The number of ether oxygens (including phenoxy) is 1. The zero-order valence-electron chi connectivity index (χ0n) is 15.8. The topological polar surface area (TPSA) is 73.2 Å². The monoisotopic (exact) mass is 375 g/mol. The standard InChI is InChI=1S/C22H21N3O3/c1-3-28-22(27)18-19(16-12-8-5-9-13-16)23-20-17(15-10-6-4-7-11-15)14(2)24-25(20)21(18)26/h4-13,18-19,23H,3H2,1-2H3/t18-,19+/m0/s1. The summed E-state index contributed by atoms with van der Waals surface area (Å²) < 4.78 is 6.50. The van der Waals surface area contributed by atoms with E-state index in [1.807, 2.05) is 67.6 Å². The van der Waals surface area contributed by atoms with Crippen molar-refractivity contribution >= 4 is 17.7 Å². The van der Waals surface area contributed by atoms with Gasteiger partial charge in [-0.15, -0.1) is 0 Å². The Morgan fingerprint density at radius 3 is 2.39 bits per heavy atom. The molecule has 6 heteroatoms. The largest absolute Gasteiger partial charge is 0.465 e. The van der Waals surface area contributed by atoms with Gasteiger partial charge in [-0.25, -0.2) is 0 Å². The van der Waals surface area contributed by atoms with Gasteiger partial charge in [-0.1, -0.05) is 60.7 Å². The van der Waals surface area contributed by atoms with Crippen LogP contribution in [0.5, 0.6) is 0 Å². The molecule has 4 rings (SSSR count). The molecule has 0 saturated heterocycles. The van der Waals surface area contributed by atoms with E-state index in [0.717, 1.165) is 22.4 Å². The van der Waals surface area contributed by atoms with Gasteiger partial charge in [0.05, 0.1) is 18.3 Å². The fourth-order valence-corrected chi connectivity index (χ4v) is 3.68. The number of aromatic nitrogens is 2. The number of fused-ring (bicyclic) bond motifs is 1. The van der Waals surface area contributed by atoms with E-state index in [1.165, 1.54) is 4.68 Å². The Labute approximate surface area is 163 Å². The number of hydrogen-bond donors (Lipinski definition) is 1. The van der Waals surface area contributed by atoms with Crippen molar-refractivity contribution in [1.82, 2.24) is 9.78 Å². The molecule has 142 valence electrons. The van der Waals surface area contributed by atoms with Gasteiger partial charge in [-0.05, 0) is 25.0 Å². The van der Waals surface area contributed by atoms with E-state index in [1.54, 1.807) is 6.92 Å². The van der Waals surface area contributed by atoms with E-state index >= 15 is 0 Å². The van der Waals surface area contributed by atoms with Crippen molar-refractivity contribution in [2.75, 3.05) is 11.9 Å². The summed E-state index contributed by atoms with van der Waals surface area (Å²) in [6.07, 6.45) is 0. The van der Waals surface area contributed by atoms with Gasteiger partial charge in [0.1, 0.15) is 5.82 Å². The highest BCUT2D eigenvalue weighted by Crippen LogP contribution is 2.40. The zero-order valence-corrected chi connectivity index (χ0v) is 15.8. The number of esters is 1. The zero-order chi connectivity index (χ0) is 19.7. The highest BCUT2D eigenvalue weighted by molar-refractivity contribution is 6.04. The molecule has 0 bridgehead atoms. The summed E-state index contributed by atoms with van der Waals surface area (Å²) in [5.41, 5.74) is 3.39. The van der Waals surface area contributed by atoms with Gasteiger partial charge in [-0.2, -0.15) is 9.78 Å². The second kappa shape index (κ2) is 7.31. The molecular weight excluding hydrogens is 354 g/mol. The van der Waals surface area contributed by atoms with Crippen LogP contribution < -0.4 is 5.32 Å². The van der Waals surface area contributed by atoms with Gasteiger partial charge < -0.3 is 10.1 Å². The lowest BCUT2D eigenvalue weighted by Gasteiger charge is -2.31. The van der Waals surface area contributed by atoms with Crippen molar-refractivity contribution in [3.05, 3.63) is 71.9 Å². The fraction of sp³-hybridized carbons (Fsp3) is 0.227. The molecule has 0 spiro atoms. The predicted molar refractivity (Wildman–Crippen MR) is 106 cm³/mol. The highest BCUT2D eigenvalue weighted by Gasteiger charge is 2.44. The summed E-state index contributed by atoms with van der Waals surface area (Å²) in [7, 11) is 0. The Morgan fingerprint density at radius 1 is 1.11 bits per heavy atom. The van der Waals surface area contributed by atoms with Crippen molar-refractivity contribution in [3.63, 3.8) is 0 Å². The van der Waals surface area contributed by atoms with Crippen LogP contribution >= 0.6 is 0 Å². The normalized spacial score (nSPS) is 18.3. The van der Waals surface area contributed by atoms with Gasteiger partial charge in [0.15, 0.2) is 5.92 Å². The van der Waals surface area contributed by atoms with Gasteiger partial charge in [0.2, 0.25) is 0 Å². The second-order valence-corrected chi connectivity index (χ2v) is 6.69. The number of carbonyl (C=O) groups is 2. The number of carbonyl (C=O) groups excluding carboxylic acids is 2. The first-order valence-electron chi connectivity index (χ1n) is 9.29. The Kier molecular flexibility index (Phi) is 4.69. The van der Waals surface area contributed by atoms with Crippen molar-refractivity contribution in [2.45, 2.75) is 19.9 Å². The van der Waals surface area contributed by atoms with Gasteiger partial charge in [0.25, 0.3) is 5.91 Å². The number of rotatable bonds is 4.